The van der Waals surface area contributed by atoms with Gasteiger partial charge in [0.2, 0.25) is 11.8 Å². The smallest absolute Gasteiger partial charge is 0.253 e. The Hall–Kier alpha value is -0.440. The molecule has 53 heavy (non-hydrogen) atoms. The molecule has 0 aliphatic heterocycles. The summed E-state index contributed by atoms with van der Waals surface area (Å²) >= 11 is 10.7. The molecule has 0 bridgehead atoms. The highest BCUT2D eigenvalue weighted by Crippen LogP contribution is 2.39. The number of benzene rings is 2. The van der Waals surface area contributed by atoms with E-state index < -0.39 is 67.7 Å². The average Bonchev–Trinajstić information content (AvgIpc) is 3.11. The molecule has 0 fully saturated rings. The van der Waals surface area contributed by atoms with Gasteiger partial charge in [0.1, 0.15) is 6.61 Å². The van der Waals surface area contributed by atoms with Gasteiger partial charge in [-0.1, -0.05) is 0 Å². The maximum atomic E-state index is 14.2. The SMILES string of the molecule is O=C(CO)Nc1c(I)c(C(=O)CC(=O)N(NCCO)c2c(I)c(C(=O)NCCO)c(I)c(C(=O)NCCO)c2I)c(I)c(C(=O)NCC(O)CO)c1I. The second-order valence-corrected chi connectivity index (χ2v) is 16.8. The minimum absolute atomic E-state index is 0.0108. The van der Waals surface area contributed by atoms with Crippen molar-refractivity contribution in [2.24, 2.45) is 0 Å². The summed E-state index contributed by atoms with van der Waals surface area (Å²) in [6.07, 6.45) is -2.18. The van der Waals surface area contributed by atoms with Crippen molar-refractivity contribution in [3.8, 4) is 0 Å². The summed E-state index contributed by atoms with van der Waals surface area (Å²) in [4.78, 5) is 80.7. The topological polar surface area (TPSA) is 287 Å². The number of hydrogen-bond acceptors (Lipinski definition) is 13. The van der Waals surface area contributed by atoms with E-state index in [0.29, 0.717) is 0 Å². The number of amides is 5. The highest BCUT2D eigenvalue weighted by Gasteiger charge is 2.35. The number of aliphatic hydroxyl groups excluding tert-OH is 6. The molecule has 0 saturated carbocycles. The summed E-state index contributed by atoms with van der Waals surface area (Å²) in [5.41, 5.74) is 2.38. The predicted molar refractivity (Wildman–Crippen MR) is 241 cm³/mol. The van der Waals surface area contributed by atoms with Gasteiger partial charge in [-0.15, -0.1) is 0 Å². The van der Waals surface area contributed by atoms with Crippen molar-refractivity contribution in [1.82, 2.24) is 21.4 Å². The van der Waals surface area contributed by atoms with Gasteiger partial charge >= 0.3 is 0 Å². The highest BCUT2D eigenvalue weighted by molar-refractivity contribution is 14.1. The zero-order chi connectivity index (χ0) is 40.2. The van der Waals surface area contributed by atoms with Gasteiger partial charge < -0.3 is 51.9 Å². The summed E-state index contributed by atoms with van der Waals surface area (Å²) in [6.45, 7) is -3.67. The molecule has 2 aromatic carbocycles. The molecule has 1 atom stereocenters. The average molecular weight is 1420 g/mol. The number of carbonyl (C=O) groups is 6. The lowest BCUT2D eigenvalue weighted by Crippen LogP contribution is -2.47. The van der Waals surface area contributed by atoms with Crippen LogP contribution in [-0.2, 0) is 9.59 Å². The van der Waals surface area contributed by atoms with Gasteiger partial charge in [0.15, 0.2) is 5.78 Å². The Labute approximate surface area is 383 Å². The summed E-state index contributed by atoms with van der Waals surface area (Å²) in [7, 11) is 0. The molecule has 24 heteroatoms. The van der Waals surface area contributed by atoms with E-state index in [0.717, 1.165) is 5.01 Å². The van der Waals surface area contributed by atoms with Gasteiger partial charge in [0.25, 0.3) is 17.7 Å². The molecule has 0 saturated heterocycles. The van der Waals surface area contributed by atoms with Crippen LogP contribution >= 0.6 is 136 Å². The zero-order valence-electron chi connectivity index (χ0n) is 27.0. The number of aliphatic hydroxyl groups is 6. The van der Waals surface area contributed by atoms with Crippen LogP contribution in [-0.4, -0.2) is 131 Å². The first kappa shape index (κ1) is 48.7. The largest absolute Gasteiger partial charge is 0.395 e. The first-order chi connectivity index (χ1) is 25.0. The van der Waals surface area contributed by atoms with E-state index in [9.17, 15) is 59.4 Å². The predicted octanol–water partition coefficient (Wildman–Crippen LogP) is -0.125. The molecule has 2 rings (SSSR count). The molecular formula is C29H32I6N6O12. The van der Waals surface area contributed by atoms with E-state index in [1.54, 1.807) is 136 Å². The Morgan fingerprint density at radius 1 is 0.604 bits per heavy atom. The molecule has 0 spiro atoms. The van der Waals surface area contributed by atoms with Crippen molar-refractivity contribution in [2.75, 3.05) is 69.5 Å². The third-order valence-electron chi connectivity index (χ3n) is 6.65. The summed E-state index contributed by atoms with van der Waals surface area (Å²) in [5, 5.41) is 67.6. The molecule has 0 aromatic heterocycles. The van der Waals surface area contributed by atoms with Crippen LogP contribution < -0.4 is 31.7 Å². The number of carbonyl (C=O) groups excluding carboxylic acids is 6. The van der Waals surface area contributed by atoms with Crippen molar-refractivity contribution in [3.63, 3.8) is 0 Å². The van der Waals surface area contributed by atoms with Crippen LogP contribution in [0.3, 0.4) is 0 Å². The minimum atomic E-state index is -1.29. The van der Waals surface area contributed by atoms with Crippen LogP contribution in [0.1, 0.15) is 47.9 Å². The Bertz CT molecular complexity index is 1700. The van der Waals surface area contributed by atoms with Crippen molar-refractivity contribution < 1.29 is 59.4 Å². The van der Waals surface area contributed by atoms with E-state index in [-0.39, 0.29) is 94.4 Å². The quantitative estimate of drug-likeness (QED) is 0.0379. The Morgan fingerprint density at radius 2 is 1.06 bits per heavy atom. The number of nitrogens with zero attached hydrogens (tertiary/aromatic N) is 1. The number of ketones is 1. The fourth-order valence-electron chi connectivity index (χ4n) is 4.28. The molecular weight excluding hydrogens is 1390 g/mol. The van der Waals surface area contributed by atoms with Crippen LogP contribution in [0, 0.1) is 21.4 Å². The Balaban J connectivity index is 2.84. The number of hydrazine groups is 1. The number of hydrogen-bond donors (Lipinski definition) is 11. The number of nitrogens with one attached hydrogen (secondary N) is 5. The Kier molecular flexibility index (Phi) is 21.8. The maximum Gasteiger partial charge on any atom is 0.253 e. The van der Waals surface area contributed by atoms with E-state index in [4.69, 9.17) is 0 Å². The molecule has 11 N–H and O–H groups in total. The second kappa shape index (κ2) is 23.7. The van der Waals surface area contributed by atoms with Gasteiger partial charge in [-0.25, -0.2) is 10.4 Å². The Morgan fingerprint density at radius 3 is 1.53 bits per heavy atom. The van der Waals surface area contributed by atoms with Gasteiger partial charge in [0, 0.05) is 42.5 Å². The van der Waals surface area contributed by atoms with E-state index >= 15 is 0 Å². The van der Waals surface area contributed by atoms with Crippen molar-refractivity contribution in [1.29, 1.82) is 0 Å². The van der Waals surface area contributed by atoms with Crippen molar-refractivity contribution in [2.45, 2.75) is 12.5 Å². The van der Waals surface area contributed by atoms with Gasteiger partial charge in [-0.2, -0.15) is 0 Å². The lowest BCUT2D eigenvalue weighted by atomic mass is 10.0. The van der Waals surface area contributed by atoms with Gasteiger partial charge in [0.05, 0.1) is 77.7 Å². The minimum Gasteiger partial charge on any atom is -0.395 e. The zero-order valence-corrected chi connectivity index (χ0v) is 39.9. The van der Waals surface area contributed by atoms with E-state index in [1.165, 1.54) is 0 Å². The van der Waals surface area contributed by atoms with Crippen LogP contribution in [0.2, 0.25) is 0 Å². The molecule has 0 heterocycles. The standard InChI is InChI=1S/C29H32I6N6O12/c30-19-15(21(32)25(40-13(49)10-46)22(33)16(19)29(53)38-8-11(47)9-45)12(48)7-14(50)41(39-3-6-44)26-23(34)17(27(51)36-1-4-42)20(31)18(24(26)35)28(52)37-2-5-43/h11,39,42-47H,1-10H2,(H,36,51)(H,37,52)(H,38,53)(H,40,49). The van der Waals surface area contributed by atoms with Gasteiger partial charge in [-0.05, 0) is 136 Å². The van der Waals surface area contributed by atoms with Crippen molar-refractivity contribution in [3.05, 3.63) is 43.7 Å². The lowest BCUT2D eigenvalue weighted by molar-refractivity contribution is -0.119. The highest BCUT2D eigenvalue weighted by atomic mass is 127. The molecule has 5 amide bonds. The number of Topliss-reactive ketones (excluding diaryl/α,β-unsaturated/α-hetero) is 1. The lowest BCUT2D eigenvalue weighted by Gasteiger charge is -2.28. The van der Waals surface area contributed by atoms with Crippen LogP contribution in [0.4, 0.5) is 11.4 Å². The van der Waals surface area contributed by atoms with Crippen LogP contribution in [0.5, 0.6) is 0 Å². The fourth-order valence-corrected chi connectivity index (χ4v) is 13.4. The number of rotatable bonds is 19. The third kappa shape index (κ3) is 12.5. The van der Waals surface area contributed by atoms with E-state index in [2.05, 4.69) is 26.7 Å². The summed E-state index contributed by atoms with van der Waals surface area (Å²) < 4.78 is 0.884. The van der Waals surface area contributed by atoms with Crippen LogP contribution in [0.15, 0.2) is 0 Å². The third-order valence-corrected chi connectivity index (χ3v) is 13.1. The first-order valence-electron chi connectivity index (χ1n) is 14.9. The first-order valence-corrected chi connectivity index (χ1v) is 21.4. The summed E-state index contributed by atoms with van der Waals surface area (Å²) in [6, 6.07) is 0. The number of halogens is 6. The molecule has 0 aliphatic rings. The summed E-state index contributed by atoms with van der Waals surface area (Å²) in [5.74, 6) is -4.78. The molecule has 2 aromatic rings. The number of anilines is 2. The maximum absolute atomic E-state index is 14.2. The molecule has 292 valence electrons. The van der Waals surface area contributed by atoms with Gasteiger partial charge in [-0.3, -0.25) is 28.8 Å². The molecule has 18 nitrogen and oxygen atoms in total. The van der Waals surface area contributed by atoms with E-state index in [1.807, 2.05) is 0 Å². The normalized spacial score (nSPS) is 11.5. The second-order valence-electron chi connectivity index (χ2n) is 10.3. The van der Waals surface area contributed by atoms with Crippen LogP contribution in [0.25, 0.3) is 0 Å². The molecule has 0 radical (unpaired) electrons. The monoisotopic (exact) mass is 1420 g/mol. The fraction of sp³-hybridized carbons (Fsp3) is 0.379. The molecule has 1 unspecified atom stereocenters. The van der Waals surface area contributed by atoms with Crippen molar-refractivity contribution >= 4 is 182 Å². The molecule has 0 aliphatic carbocycles.